The molecule has 0 radical (unpaired) electrons. The molecule has 20 heavy (non-hydrogen) atoms. The largest absolute Gasteiger partial charge is 0.277 e. The van der Waals surface area contributed by atoms with E-state index < -0.39 is 10.0 Å². The highest BCUT2D eigenvalue weighted by Gasteiger charge is 2.17. The molecule has 2 rings (SSSR count). The van der Waals surface area contributed by atoms with Crippen LogP contribution in [-0.4, -0.2) is 13.4 Å². The van der Waals surface area contributed by atoms with Gasteiger partial charge >= 0.3 is 0 Å². The van der Waals surface area contributed by atoms with E-state index in [0.717, 1.165) is 6.20 Å². The number of nitrogens with one attached hydrogen (secondary N) is 1. The topological polar surface area (TPSA) is 82.8 Å². The van der Waals surface area contributed by atoms with E-state index in [1.807, 2.05) is 6.07 Å². The van der Waals surface area contributed by atoms with Gasteiger partial charge in [-0.2, -0.15) is 5.26 Å². The maximum atomic E-state index is 12.2. The number of hydrogen-bond donors (Lipinski definition) is 1. The number of sulfonamides is 1. The molecule has 0 aliphatic rings. The number of nitriles is 1. The van der Waals surface area contributed by atoms with Crippen molar-refractivity contribution in [1.82, 2.24) is 4.98 Å². The van der Waals surface area contributed by atoms with Crippen molar-refractivity contribution in [1.29, 1.82) is 5.26 Å². The van der Waals surface area contributed by atoms with E-state index in [2.05, 4.69) is 41.6 Å². The molecule has 1 aromatic carbocycles. The van der Waals surface area contributed by atoms with Crippen LogP contribution in [0.25, 0.3) is 0 Å². The third-order valence-electron chi connectivity index (χ3n) is 2.36. The van der Waals surface area contributed by atoms with Gasteiger partial charge in [-0.1, -0.05) is 6.07 Å². The van der Waals surface area contributed by atoms with E-state index in [-0.39, 0.29) is 10.6 Å². The smallest absolute Gasteiger partial charge is 0.263 e. The van der Waals surface area contributed by atoms with Crippen LogP contribution in [0, 0.1) is 11.3 Å². The molecule has 8 heteroatoms. The minimum Gasteiger partial charge on any atom is -0.277 e. The first-order valence-corrected chi connectivity index (χ1v) is 8.34. The van der Waals surface area contributed by atoms with Gasteiger partial charge in [-0.3, -0.25) is 4.72 Å². The van der Waals surface area contributed by atoms with Crippen molar-refractivity contribution < 1.29 is 8.42 Å². The van der Waals surface area contributed by atoms with Crippen LogP contribution in [0.3, 0.4) is 0 Å². The second kappa shape index (κ2) is 5.91. The Morgan fingerprint density at radius 1 is 1.15 bits per heavy atom. The summed E-state index contributed by atoms with van der Waals surface area (Å²) in [6.07, 6.45) is 1.14. The Bertz CT molecular complexity index is 763. The first-order valence-electron chi connectivity index (χ1n) is 5.27. The van der Waals surface area contributed by atoms with Crippen LogP contribution in [0.5, 0.6) is 0 Å². The zero-order valence-electron chi connectivity index (χ0n) is 9.84. The fourth-order valence-electron chi connectivity index (χ4n) is 1.39. The minimum absolute atomic E-state index is 0.0147. The summed E-state index contributed by atoms with van der Waals surface area (Å²) in [5, 5.41) is 8.65. The fraction of sp³-hybridized carbons (Fsp3) is 0. The lowest BCUT2D eigenvalue weighted by atomic mass is 10.3. The van der Waals surface area contributed by atoms with E-state index in [0.29, 0.717) is 14.6 Å². The summed E-state index contributed by atoms with van der Waals surface area (Å²) in [6.45, 7) is 0. The van der Waals surface area contributed by atoms with Crippen LogP contribution in [0.4, 0.5) is 5.69 Å². The van der Waals surface area contributed by atoms with Crippen LogP contribution < -0.4 is 4.72 Å². The second-order valence-corrected chi connectivity index (χ2v) is 7.08. The molecule has 0 spiro atoms. The molecule has 0 fully saturated rings. The molecule has 0 unspecified atom stereocenters. The number of nitrogens with zero attached hydrogens (tertiary/aromatic N) is 2. The van der Waals surface area contributed by atoms with Gasteiger partial charge in [0.1, 0.15) is 16.7 Å². The van der Waals surface area contributed by atoms with E-state index in [4.69, 9.17) is 5.26 Å². The molecule has 2 aromatic rings. The molecule has 0 aliphatic carbocycles. The van der Waals surface area contributed by atoms with Crippen molar-refractivity contribution in [3.8, 4) is 6.07 Å². The molecule has 1 N–H and O–H groups in total. The van der Waals surface area contributed by atoms with Crippen molar-refractivity contribution in [3.63, 3.8) is 0 Å². The zero-order chi connectivity index (χ0) is 14.8. The number of anilines is 1. The van der Waals surface area contributed by atoms with Gasteiger partial charge in [0, 0.05) is 15.1 Å². The van der Waals surface area contributed by atoms with Crippen LogP contribution in [0.1, 0.15) is 5.69 Å². The Labute approximate surface area is 133 Å². The van der Waals surface area contributed by atoms with Gasteiger partial charge in [-0.05, 0) is 56.1 Å². The lowest BCUT2D eigenvalue weighted by molar-refractivity contribution is 0.600. The minimum atomic E-state index is -3.77. The number of hydrogen-bond acceptors (Lipinski definition) is 4. The summed E-state index contributed by atoms with van der Waals surface area (Å²) in [4.78, 5) is 3.73. The summed E-state index contributed by atoms with van der Waals surface area (Å²) >= 11 is 6.56. The maximum absolute atomic E-state index is 12.2. The Morgan fingerprint density at radius 2 is 1.80 bits per heavy atom. The molecule has 0 saturated carbocycles. The predicted molar refractivity (Wildman–Crippen MR) is 81.6 cm³/mol. The van der Waals surface area contributed by atoms with E-state index in [9.17, 15) is 8.42 Å². The number of rotatable bonds is 3. The number of para-hydroxylation sites is 1. The Balaban J connectivity index is 2.38. The molecule has 0 atom stereocenters. The summed E-state index contributed by atoms with van der Waals surface area (Å²) in [7, 11) is -3.77. The molecule has 1 aromatic heterocycles. The average molecular weight is 417 g/mol. The van der Waals surface area contributed by atoms with Crippen LogP contribution in [0.2, 0.25) is 0 Å². The lowest BCUT2D eigenvalue weighted by Gasteiger charge is -2.11. The van der Waals surface area contributed by atoms with Crippen molar-refractivity contribution in [2.75, 3.05) is 4.72 Å². The maximum Gasteiger partial charge on any atom is 0.263 e. The Hall–Kier alpha value is -1.43. The van der Waals surface area contributed by atoms with Gasteiger partial charge in [-0.25, -0.2) is 13.4 Å². The third-order valence-corrected chi connectivity index (χ3v) is 5.02. The molecular formula is C12H7Br2N3O2S. The summed E-state index contributed by atoms with van der Waals surface area (Å²) in [5.41, 5.74) is 0.558. The Kier molecular flexibility index (Phi) is 4.42. The molecule has 0 aliphatic heterocycles. The Morgan fingerprint density at radius 3 is 2.30 bits per heavy atom. The van der Waals surface area contributed by atoms with Crippen molar-refractivity contribution in [2.24, 2.45) is 0 Å². The molecule has 1 heterocycles. The average Bonchev–Trinajstić information content (AvgIpc) is 2.43. The quantitative estimate of drug-likeness (QED) is 0.832. The highest BCUT2D eigenvalue weighted by atomic mass is 79.9. The highest BCUT2D eigenvalue weighted by Crippen LogP contribution is 2.32. The standard InChI is InChI=1S/C12H7Br2N3O2S/c13-10-2-1-3-11(14)12(10)17-20(18,19)9-5-4-8(6-15)16-7-9/h1-5,7,17H. The summed E-state index contributed by atoms with van der Waals surface area (Å²) < 4.78 is 28.1. The molecule has 0 bridgehead atoms. The van der Waals surface area contributed by atoms with Gasteiger partial charge in [0.25, 0.3) is 10.0 Å². The van der Waals surface area contributed by atoms with E-state index in [1.54, 1.807) is 18.2 Å². The van der Waals surface area contributed by atoms with Crippen molar-refractivity contribution in [2.45, 2.75) is 4.90 Å². The van der Waals surface area contributed by atoms with Gasteiger partial charge in [-0.15, -0.1) is 0 Å². The van der Waals surface area contributed by atoms with Gasteiger partial charge in [0.2, 0.25) is 0 Å². The monoisotopic (exact) mass is 415 g/mol. The number of benzene rings is 1. The SMILES string of the molecule is N#Cc1ccc(S(=O)(=O)Nc2c(Br)cccc2Br)cn1. The zero-order valence-corrected chi connectivity index (χ0v) is 13.8. The molecule has 102 valence electrons. The summed E-state index contributed by atoms with van der Waals surface area (Å²) in [5.74, 6) is 0. The van der Waals surface area contributed by atoms with Crippen molar-refractivity contribution in [3.05, 3.63) is 51.2 Å². The lowest BCUT2D eigenvalue weighted by Crippen LogP contribution is -2.14. The van der Waals surface area contributed by atoms with Crippen molar-refractivity contribution >= 4 is 47.6 Å². The molecule has 5 nitrogen and oxygen atoms in total. The van der Waals surface area contributed by atoms with E-state index in [1.165, 1.54) is 12.1 Å². The predicted octanol–water partition coefficient (Wildman–Crippen LogP) is 3.28. The summed E-state index contributed by atoms with van der Waals surface area (Å²) in [6, 6.07) is 9.73. The van der Waals surface area contributed by atoms with Gasteiger partial charge in [0.05, 0.1) is 5.69 Å². The first kappa shape index (κ1) is 15.0. The first-order chi connectivity index (χ1) is 9.44. The van der Waals surface area contributed by atoms with Gasteiger partial charge < -0.3 is 0 Å². The molecule has 0 saturated heterocycles. The van der Waals surface area contributed by atoms with Crippen LogP contribution in [-0.2, 0) is 10.0 Å². The number of aromatic nitrogens is 1. The number of pyridine rings is 1. The van der Waals surface area contributed by atoms with Gasteiger partial charge in [0.15, 0.2) is 0 Å². The third kappa shape index (κ3) is 3.17. The highest BCUT2D eigenvalue weighted by molar-refractivity contribution is 9.11. The van der Waals surface area contributed by atoms with Crippen LogP contribution in [0.15, 0.2) is 50.4 Å². The molecule has 0 amide bonds. The van der Waals surface area contributed by atoms with E-state index >= 15 is 0 Å². The fourth-order valence-corrected chi connectivity index (χ4v) is 3.90. The van der Waals surface area contributed by atoms with Crippen LogP contribution >= 0.6 is 31.9 Å². The second-order valence-electron chi connectivity index (χ2n) is 3.69. The number of halogens is 2. The normalized spacial score (nSPS) is 10.8. The molecular weight excluding hydrogens is 410 g/mol.